The van der Waals surface area contributed by atoms with Crippen LogP contribution in [0, 0.1) is 5.82 Å². The Morgan fingerprint density at radius 2 is 1.97 bits per heavy atom. The highest BCUT2D eigenvalue weighted by atomic mass is 19.1. The number of aromatic nitrogens is 3. The molecule has 5 rings (SSSR count). The van der Waals surface area contributed by atoms with Gasteiger partial charge >= 0.3 is 0 Å². The number of benzene rings is 1. The van der Waals surface area contributed by atoms with Gasteiger partial charge in [0.15, 0.2) is 12.0 Å². The first-order valence-corrected chi connectivity index (χ1v) is 13.3. The maximum Gasteiger partial charge on any atom is 0.250 e. The van der Waals surface area contributed by atoms with E-state index in [0.717, 1.165) is 66.9 Å². The van der Waals surface area contributed by atoms with Gasteiger partial charge < -0.3 is 18.9 Å². The quantitative estimate of drug-likeness (QED) is 0.490. The van der Waals surface area contributed by atoms with Crippen molar-refractivity contribution in [3.8, 4) is 0 Å². The van der Waals surface area contributed by atoms with E-state index in [1.165, 1.54) is 6.07 Å². The number of piperazine rings is 1. The van der Waals surface area contributed by atoms with Gasteiger partial charge in [-0.3, -0.25) is 9.69 Å². The average Bonchev–Trinajstić information content (AvgIpc) is 3.28. The number of fused-ring (bicyclic) bond motifs is 1. The molecule has 200 valence electrons. The third kappa shape index (κ3) is 4.80. The largest absolute Gasteiger partial charge is 0.380 e. The van der Waals surface area contributed by atoms with Crippen LogP contribution in [0.4, 0.5) is 10.2 Å². The fourth-order valence-electron chi connectivity index (χ4n) is 6.05. The maximum atomic E-state index is 14.0. The lowest BCUT2D eigenvalue weighted by atomic mass is 9.97. The van der Waals surface area contributed by atoms with Gasteiger partial charge in [-0.1, -0.05) is 6.07 Å². The molecule has 4 atom stereocenters. The van der Waals surface area contributed by atoms with Crippen LogP contribution in [0.2, 0.25) is 0 Å². The Morgan fingerprint density at radius 3 is 2.70 bits per heavy atom. The third-order valence-electron chi connectivity index (χ3n) is 8.02. The summed E-state index contributed by atoms with van der Waals surface area (Å²) >= 11 is 0. The second-order valence-electron chi connectivity index (χ2n) is 10.6. The van der Waals surface area contributed by atoms with Crippen molar-refractivity contribution in [3.05, 3.63) is 57.6 Å². The number of halogens is 1. The molecule has 8 nitrogen and oxygen atoms in total. The molecule has 2 saturated heterocycles. The Morgan fingerprint density at radius 1 is 1.16 bits per heavy atom. The van der Waals surface area contributed by atoms with Crippen LogP contribution in [0.25, 0.3) is 11.0 Å². The predicted octanol–water partition coefficient (Wildman–Crippen LogP) is 4.38. The van der Waals surface area contributed by atoms with Gasteiger partial charge in [-0.25, -0.2) is 9.07 Å². The lowest BCUT2D eigenvalue weighted by Gasteiger charge is -2.48. The summed E-state index contributed by atoms with van der Waals surface area (Å²) in [7, 11) is 3.46. The van der Waals surface area contributed by atoms with Gasteiger partial charge in [0, 0.05) is 58.0 Å². The normalized spacial score (nSPS) is 24.1. The van der Waals surface area contributed by atoms with Crippen LogP contribution in [0.1, 0.15) is 63.4 Å². The van der Waals surface area contributed by atoms with E-state index >= 15 is 0 Å². The summed E-state index contributed by atoms with van der Waals surface area (Å²) in [4.78, 5) is 17.5. The molecule has 0 saturated carbocycles. The summed E-state index contributed by atoms with van der Waals surface area (Å²) in [5.41, 5.74) is 3.57. The van der Waals surface area contributed by atoms with E-state index in [2.05, 4.69) is 30.6 Å². The summed E-state index contributed by atoms with van der Waals surface area (Å²) in [5.74, 6) is 0.709. The zero-order chi connectivity index (χ0) is 26.3. The SMILES string of the molecule is COCc1cc(F)ccc1C(C)N1C[C@H](C)N(c2c3c(ccc(=O)n3C)nn2C2CCCCO2)C[C@H]1C. The average molecular weight is 512 g/mol. The molecule has 0 N–H and O–H groups in total. The Balaban J connectivity index is 1.50. The number of rotatable bonds is 6. The molecule has 0 bridgehead atoms. The van der Waals surface area contributed by atoms with Crippen molar-refractivity contribution >= 4 is 16.9 Å². The number of pyridine rings is 1. The number of hydrogen-bond donors (Lipinski definition) is 0. The molecule has 2 aromatic heterocycles. The molecular formula is C28H38FN5O3. The molecular weight excluding hydrogens is 473 g/mol. The Bertz CT molecular complexity index is 1320. The van der Waals surface area contributed by atoms with Crippen molar-refractivity contribution in [2.24, 2.45) is 7.05 Å². The summed E-state index contributed by atoms with van der Waals surface area (Å²) in [5, 5.41) is 4.94. The van der Waals surface area contributed by atoms with Gasteiger partial charge in [0.2, 0.25) is 0 Å². The lowest BCUT2D eigenvalue weighted by molar-refractivity contribution is -0.0386. The van der Waals surface area contributed by atoms with Crippen molar-refractivity contribution in [3.63, 3.8) is 0 Å². The van der Waals surface area contributed by atoms with Gasteiger partial charge in [0.25, 0.3) is 5.56 Å². The minimum atomic E-state index is -0.245. The molecule has 2 fully saturated rings. The van der Waals surface area contributed by atoms with Crippen molar-refractivity contribution in [1.82, 2.24) is 19.2 Å². The molecule has 0 spiro atoms. The van der Waals surface area contributed by atoms with Gasteiger partial charge in [-0.15, -0.1) is 0 Å². The van der Waals surface area contributed by atoms with Crippen LogP contribution >= 0.6 is 0 Å². The van der Waals surface area contributed by atoms with Gasteiger partial charge in [0.1, 0.15) is 16.9 Å². The van der Waals surface area contributed by atoms with E-state index in [1.807, 2.05) is 23.9 Å². The van der Waals surface area contributed by atoms with Gasteiger partial charge in [-0.2, -0.15) is 5.10 Å². The topological polar surface area (TPSA) is 64.8 Å². The zero-order valence-corrected chi connectivity index (χ0v) is 22.5. The summed E-state index contributed by atoms with van der Waals surface area (Å²) in [6.07, 6.45) is 2.92. The number of methoxy groups -OCH3 is 1. The van der Waals surface area contributed by atoms with Gasteiger partial charge in [-0.05, 0) is 69.4 Å². The van der Waals surface area contributed by atoms with E-state index in [9.17, 15) is 9.18 Å². The fraction of sp³-hybridized carbons (Fsp3) is 0.571. The van der Waals surface area contributed by atoms with Crippen LogP contribution in [0.3, 0.4) is 0 Å². The van der Waals surface area contributed by atoms with E-state index in [-0.39, 0.29) is 35.7 Å². The number of hydrogen-bond acceptors (Lipinski definition) is 6. The van der Waals surface area contributed by atoms with Gasteiger partial charge in [0.05, 0.1) is 6.61 Å². The van der Waals surface area contributed by atoms with Crippen LogP contribution < -0.4 is 10.5 Å². The first-order chi connectivity index (χ1) is 17.8. The second-order valence-corrected chi connectivity index (χ2v) is 10.6. The van der Waals surface area contributed by atoms with E-state index in [1.54, 1.807) is 23.8 Å². The summed E-state index contributed by atoms with van der Waals surface area (Å²) in [6.45, 7) is 9.31. The minimum absolute atomic E-state index is 0.0483. The first-order valence-electron chi connectivity index (χ1n) is 13.3. The number of anilines is 1. The number of nitrogens with zero attached hydrogens (tertiary/aromatic N) is 5. The van der Waals surface area contributed by atoms with Crippen LogP contribution in [-0.4, -0.2) is 58.1 Å². The van der Waals surface area contributed by atoms with Crippen molar-refractivity contribution in [1.29, 1.82) is 0 Å². The molecule has 2 aliphatic heterocycles. The first kappa shape index (κ1) is 25.9. The highest BCUT2D eigenvalue weighted by Gasteiger charge is 2.37. The highest BCUT2D eigenvalue weighted by Crippen LogP contribution is 2.37. The summed E-state index contributed by atoms with van der Waals surface area (Å²) < 4.78 is 29.2. The smallest absolute Gasteiger partial charge is 0.250 e. The number of aryl methyl sites for hydroxylation is 1. The Kier molecular flexibility index (Phi) is 7.38. The van der Waals surface area contributed by atoms with Crippen molar-refractivity contribution in [2.75, 3.05) is 31.7 Å². The highest BCUT2D eigenvalue weighted by molar-refractivity contribution is 5.87. The molecule has 0 aliphatic carbocycles. The van der Waals surface area contributed by atoms with Crippen LogP contribution in [-0.2, 0) is 23.1 Å². The Labute approximate surface area is 217 Å². The van der Waals surface area contributed by atoms with E-state index in [4.69, 9.17) is 14.6 Å². The minimum Gasteiger partial charge on any atom is -0.380 e. The monoisotopic (exact) mass is 511 g/mol. The second kappa shape index (κ2) is 10.6. The molecule has 3 aromatic rings. The molecule has 2 aliphatic rings. The molecule has 9 heteroatoms. The molecule has 0 amide bonds. The third-order valence-corrected chi connectivity index (χ3v) is 8.02. The van der Waals surface area contributed by atoms with Crippen molar-refractivity contribution in [2.45, 2.75) is 71.0 Å². The predicted molar refractivity (Wildman–Crippen MR) is 142 cm³/mol. The van der Waals surface area contributed by atoms with Crippen LogP contribution in [0.5, 0.6) is 0 Å². The molecule has 0 radical (unpaired) electrons. The molecule has 2 unspecified atom stereocenters. The number of ether oxygens (including phenoxy) is 2. The fourth-order valence-corrected chi connectivity index (χ4v) is 6.05. The molecule has 37 heavy (non-hydrogen) atoms. The van der Waals surface area contributed by atoms with Crippen molar-refractivity contribution < 1.29 is 13.9 Å². The lowest BCUT2D eigenvalue weighted by Crippen LogP contribution is -2.57. The zero-order valence-electron chi connectivity index (χ0n) is 22.5. The Hall–Kier alpha value is -2.75. The molecule has 1 aromatic carbocycles. The van der Waals surface area contributed by atoms with E-state index < -0.39 is 0 Å². The van der Waals surface area contributed by atoms with E-state index in [0.29, 0.717) is 6.61 Å². The van der Waals surface area contributed by atoms with Crippen LogP contribution in [0.15, 0.2) is 35.1 Å². The summed E-state index contributed by atoms with van der Waals surface area (Å²) in [6, 6.07) is 8.85. The maximum absolute atomic E-state index is 14.0. The molecule has 4 heterocycles. The standard InChI is InChI=1S/C28H38FN5O3/c1-18-16-33(19(2)15-32(18)20(3)23-10-9-22(29)14-21(23)17-36-5)28-27-24(11-12-25(35)31(27)4)30-34(28)26-8-6-7-13-37-26/h9-12,14,18-20,26H,6-8,13,15-17H2,1-5H3/t18-,19+,20?,26?/m1/s1.